The molecule has 20 heavy (non-hydrogen) atoms. The monoisotopic (exact) mass is 355 g/mol. The molecule has 0 radical (unpaired) electrons. The first kappa shape index (κ1) is 14.7. The lowest BCUT2D eigenvalue weighted by atomic mass is 9.89. The lowest BCUT2D eigenvalue weighted by Gasteiger charge is -2.35. The van der Waals surface area contributed by atoms with Crippen molar-refractivity contribution in [2.45, 2.75) is 38.3 Å². The molecule has 3 unspecified atom stereocenters. The smallest absolute Gasteiger partial charge is 0.124 e. The first-order chi connectivity index (χ1) is 9.78. The van der Waals surface area contributed by atoms with E-state index in [0.717, 1.165) is 29.1 Å². The molecule has 0 saturated carbocycles. The van der Waals surface area contributed by atoms with E-state index in [1.807, 2.05) is 0 Å². The summed E-state index contributed by atoms with van der Waals surface area (Å²) in [5, 5.41) is 3.70. The van der Waals surface area contributed by atoms with Crippen LogP contribution in [0.2, 0.25) is 0 Å². The number of nitrogens with one attached hydrogen (secondary N) is 1. The van der Waals surface area contributed by atoms with Crippen molar-refractivity contribution < 1.29 is 4.74 Å². The maximum Gasteiger partial charge on any atom is 0.124 e. The molecule has 0 aromatic heterocycles. The minimum Gasteiger partial charge on any atom is -0.490 e. The molecule has 2 aliphatic heterocycles. The zero-order chi connectivity index (χ0) is 13.9. The Morgan fingerprint density at radius 2 is 2.35 bits per heavy atom. The molecule has 1 aromatic carbocycles. The minimum absolute atomic E-state index is 0.382. The van der Waals surface area contributed by atoms with E-state index in [4.69, 9.17) is 4.74 Å². The van der Waals surface area contributed by atoms with Crippen molar-refractivity contribution in [2.24, 2.45) is 5.92 Å². The predicted octanol–water partition coefficient (Wildman–Crippen LogP) is 4.39. The van der Waals surface area contributed by atoms with E-state index < -0.39 is 0 Å². The third kappa shape index (κ3) is 3.18. The Morgan fingerprint density at radius 3 is 3.10 bits per heavy atom. The standard InChI is InChI=1S/C16H22BrNOS/c1-2-6-18-14-9-16(11-5-7-20-10-11)19-15-4-3-12(17)8-13(14)15/h3-4,8,11,14,16,18H,2,5-7,9-10H2,1H3. The van der Waals surface area contributed by atoms with E-state index in [2.05, 4.69) is 58.1 Å². The highest BCUT2D eigenvalue weighted by molar-refractivity contribution is 9.10. The van der Waals surface area contributed by atoms with Crippen molar-refractivity contribution >= 4 is 27.7 Å². The zero-order valence-electron chi connectivity index (χ0n) is 11.9. The van der Waals surface area contributed by atoms with Crippen LogP contribution in [0.3, 0.4) is 0 Å². The molecule has 1 saturated heterocycles. The van der Waals surface area contributed by atoms with Crippen molar-refractivity contribution in [1.82, 2.24) is 5.32 Å². The second-order valence-corrected chi connectivity index (χ2v) is 7.77. The molecule has 0 amide bonds. The lowest BCUT2D eigenvalue weighted by molar-refractivity contribution is 0.103. The molecule has 4 heteroatoms. The van der Waals surface area contributed by atoms with E-state index >= 15 is 0 Å². The summed E-state index contributed by atoms with van der Waals surface area (Å²) in [6.07, 6.45) is 3.97. The first-order valence-electron chi connectivity index (χ1n) is 7.55. The van der Waals surface area contributed by atoms with Crippen LogP contribution >= 0.6 is 27.7 Å². The van der Waals surface area contributed by atoms with Crippen LogP contribution in [0, 0.1) is 5.92 Å². The molecule has 3 rings (SSSR count). The van der Waals surface area contributed by atoms with E-state index in [1.165, 1.54) is 29.9 Å². The Bertz CT molecular complexity index is 462. The second-order valence-electron chi connectivity index (χ2n) is 5.70. The van der Waals surface area contributed by atoms with Gasteiger partial charge < -0.3 is 10.1 Å². The second kappa shape index (κ2) is 6.71. The molecule has 0 bridgehead atoms. The Kier molecular flexibility index (Phi) is 4.95. The summed E-state index contributed by atoms with van der Waals surface area (Å²) in [7, 11) is 0. The van der Waals surface area contributed by atoms with Crippen molar-refractivity contribution in [2.75, 3.05) is 18.1 Å². The van der Waals surface area contributed by atoms with Gasteiger partial charge in [0.2, 0.25) is 0 Å². The van der Waals surface area contributed by atoms with Gasteiger partial charge in [0, 0.05) is 28.4 Å². The van der Waals surface area contributed by atoms with Crippen molar-refractivity contribution in [1.29, 1.82) is 0 Å². The van der Waals surface area contributed by atoms with Gasteiger partial charge in [-0.1, -0.05) is 22.9 Å². The maximum atomic E-state index is 6.31. The van der Waals surface area contributed by atoms with Gasteiger partial charge in [-0.3, -0.25) is 0 Å². The molecular weight excluding hydrogens is 334 g/mol. The summed E-state index contributed by atoms with van der Waals surface area (Å²) in [5.74, 6) is 4.36. The van der Waals surface area contributed by atoms with Crippen LogP contribution in [0.4, 0.5) is 0 Å². The van der Waals surface area contributed by atoms with E-state index in [-0.39, 0.29) is 0 Å². The summed E-state index contributed by atoms with van der Waals surface area (Å²) in [4.78, 5) is 0. The summed E-state index contributed by atoms with van der Waals surface area (Å²) in [6, 6.07) is 6.85. The van der Waals surface area contributed by atoms with Gasteiger partial charge in [-0.25, -0.2) is 0 Å². The van der Waals surface area contributed by atoms with E-state index in [9.17, 15) is 0 Å². The average molecular weight is 356 g/mol. The highest BCUT2D eigenvalue weighted by atomic mass is 79.9. The first-order valence-corrected chi connectivity index (χ1v) is 9.50. The Labute approximate surface area is 134 Å². The number of hydrogen-bond acceptors (Lipinski definition) is 3. The van der Waals surface area contributed by atoms with Crippen LogP contribution in [-0.2, 0) is 0 Å². The van der Waals surface area contributed by atoms with Gasteiger partial charge in [0.25, 0.3) is 0 Å². The molecule has 2 nitrogen and oxygen atoms in total. The van der Waals surface area contributed by atoms with Gasteiger partial charge in [0.05, 0.1) is 0 Å². The largest absolute Gasteiger partial charge is 0.490 e. The van der Waals surface area contributed by atoms with Gasteiger partial charge in [-0.05, 0) is 49.1 Å². The van der Waals surface area contributed by atoms with Crippen molar-refractivity contribution in [3.05, 3.63) is 28.2 Å². The number of hydrogen-bond donors (Lipinski definition) is 1. The number of fused-ring (bicyclic) bond motifs is 1. The summed E-state index contributed by atoms with van der Waals surface area (Å²) < 4.78 is 7.44. The molecule has 1 N–H and O–H groups in total. The van der Waals surface area contributed by atoms with Gasteiger partial charge in [0.15, 0.2) is 0 Å². The van der Waals surface area contributed by atoms with Crippen LogP contribution in [-0.4, -0.2) is 24.2 Å². The van der Waals surface area contributed by atoms with Gasteiger partial charge in [-0.2, -0.15) is 11.8 Å². The third-order valence-corrected chi connectivity index (χ3v) is 5.91. The van der Waals surface area contributed by atoms with E-state index in [1.54, 1.807) is 0 Å². The molecule has 0 spiro atoms. The predicted molar refractivity (Wildman–Crippen MR) is 89.6 cm³/mol. The lowest BCUT2D eigenvalue weighted by Crippen LogP contribution is -2.37. The number of halogens is 1. The van der Waals surface area contributed by atoms with Gasteiger partial charge in [0.1, 0.15) is 11.9 Å². The quantitative estimate of drug-likeness (QED) is 0.864. The normalized spacial score (nSPS) is 29.0. The Hall–Kier alpha value is -0.190. The molecule has 0 aliphatic carbocycles. The van der Waals surface area contributed by atoms with Gasteiger partial charge in [-0.15, -0.1) is 0 Å². The number of ether oxygens (including phenoxy) is 1. The van der Waals surface area contributed by atoms with Gasteiger partial charge >= 0.3 is 0 Å². The molecule has 2 heterocycles. The Morgan fingerprint density at radius 1 is 1.45 bits per heavy atom. The summed E-state index contributed by atoms with van der Waals surface area (Å²) in [5.41, 5.74) is 1.31. The minimum atomic E-state index is 0.382. The topological polar surface area (TPSA) is 21.3 Å². The van der Waals surface area contributed by atoms with Crippen LogP contribution < -0.4 is 10.1 Å². The van der Waals surface area contributed by atoms with E-state index in [0.29, 0.717) is 12.1 Å². The number of thioether (sulfide) groups is 1. The molecule has 1 fully saturated rings. The number of benzene rings is 1. The fourth-order valence-electron chi connectivity index (χ4n) is 3.12. The summed E-state index contributed by atoms with van der Waals surface area (Å²) >= 11 is 5.65. The number of rotatable bonds is 4. The third-order valence-electron chi connectivity index (χ3n) is 4.23. The van der Waals surface area contributed by atoms with Crippen molar-refractivity contribution in [3.63, 3.8) is 0 Å². The zero-order valence-corrected chi connectivity index (χ0v) is 14.3. The highest BCUT2D eigenvalue weighted by Gasteiger charge is 2.34. The maximum absolute atomic E-state index is 6.31. The SMILES string of the molecule is CCCNC1CC(C2CCSC2)Oc2ccc(Br)cc21. The molecule has 3 atom stereocenters. The fourth-order valence-corrected chi connectivity index (χ4v) is 4.81. The Balaban J connectivity index is 1.82. The highest BCUT2D eigenvalue weighted by Crippen LogP contribution is 2.41. The molecular formula is C16H22BrNOS. The fraction of sp³-hybridized carbons (Fsp3) is 0.625. The van der Waals surface area contributed by atoms with Crippen LogP contribution in [0.5, 0.6) is 5.75 Å². The van der Waals surface area contributed by atoms with Crippen LogP contribution in [0.1, 0.15) is 37.8 Å². The average Bonchev–Trinajstić information content (AvgIpc) is 2.99. The van der Waals surface area contributed by atoms with Crippen LogP contribution in [0.15, 0.2) is 22.7 Å². The summed E-state index contributed by atoms with van der Waals surface area (Å²) in [6.45, 7) is 3.29. The molecule has 1 aromatic rings. The molecule has 2 aliphatic rings. The van der Waals surface area contributed by atoms with Crippen LogP contribution in [0.25, 0.3) is 0 Å². The molecule has 110 valence electrons. The van der Waals surface area contributed by atoms with Crippen molar-refractivity contribution in [3.8, 4) is 5.75 Å².